The van der Waals surface area contributed by atoms with Crippen molar-refractivity contribution in [3.05, 3.63) is 146 Å². The van der Waals surface area contributed by atoms with Gasteiger partial charge in [-0.25, -0.2) is 0 Å². The Kier molecular flexibility index (Phi) is 47.4. The fraction of sp³-hybridized carbons (Fsp3) is 0.609. The van der Waals surface area contributed by atoms with Crippen LogP contribution in [0.5, 0.6) is 0 Å². The lowest BCUT2D eigenvalue weighted by molar-refractivity contribution is -0.302. The topological polar surface area (TPSA) is 149 Å². The zero-order chi connectivity index (χ0) is 52.9. The van der Waals surface area contributed by atoms with E-state index in [2.05, 4.69) is 153 Å². The summed E-state index contributed by atoms with van der Waals surface area (Å²) in [6.45, 7) is 3.60. The highest BCUT2D eigenvalue weighted by Crippen LogP contribution is 2.22. The smallest absolute Gasteiger partial charge is 0.220 e. The summed E-state index contributed by atoms with van der Waals surface area (Å²) in [5, 5.41) is 54.2. The third-order valence-electron chi connectivity index (χ3n) is 12.4. The van der Waals surface area contributed by atoms with Gasteiger partial charge in [0.25, 0.3) is 0 Å². The van der Waals surface area contributed by atoms with E-state index in [1.54, 1.807) is 6.08 Å². The zero-order valence-corrected chi connectivity index (χ0v) is 45.6. The number of carbonyl (C=O) groups is 1. The molecule has 1 saturated heterocycles. The molecule has 0 aromatic rings. The first kappa shape index (κ1) is 67.1. The molecule has 9 nitrogen and oxygen atoms in total. The zero-order valence-electron chi connectivity index (χ0n) is 45.6. The Morgan fingerprint density at radius 1 is 0.479 bits per heavy atom. The first-order valence-electron chi connectivity index (χ1n) is 28.6. The molecule has 7 atom stereocenters. The highest BCUT2D eigenvalue weighted by atomic mass is 16.7. The summed E-state index contributed by atoms with van der Waals surface area (Å²) in [7, 11) is 0. The number of rotatable bonds is 46. The van der Waals surface area contributed by atoms with Gasteiger partial charge in [-0.1, -0.05) is 230 Å². The van der Waals surface area contributed by atoms with Gasteiger partial charge in [0.15, 0.2) is 6.29 Å². The molecule has 1 aliphatic rings. The van der Waals surface area contributed by atoms with Gasteiger partial charge in [0.05, 0.1) is 25.4 Å². The Morgan fingerprint density at radius 3 is 1.26 bits per heavy atom. The third-order valence-corrected chi connectivity index (χ3v) is 12.4. The summed E-state index contributed by atoms with van der Waals surface area (Å²) < 4.78 is 11.2. The molecule has 0 bridgehead atoms. The van der Waals surface area contributed by atoms with Gasteiger partial charge in [-0.3, -0.25) is 4.79 Å². The van der Waals surface area contributed by atoms with E-state index < -0.39 is 49.5 Å². The predicted molar refractivity (Wildman–Crippen MR) is 308 cm³/mol. The number of unbranched alkanes of at least 4 members (excludes halogenated alkanes) is 14. The summed E-state index contributed by atoms with van der Waals surface area (Å²) in [4.78, 5) is 13.0. The van der Waals surface area contributed by atoms with Crippen LogP contribution in [0.4, 0.5) is 0 Å². The number of hydrogen-bond acceptors (Lipinski definition) is 8. The minimum atomic E-state index is -1.58. The van der Waals surface area contributed by atoms with Gasteiger partial charge in [-0.15, -0.1) is 0 Å². The number of nitrogens with one attached hydrogen (secondary N) is 1. The highest BCUT2D eigenvalue weighted by molar-refractivity contribution is 5.76. The van der Waals surface area contributed by atoms with E-state index >= 15 is 0 Å². The number of carbonyl (C=O) groups excluding carboxylic acids is 1. The minimum absolute atomic E-state index is 0.198. The highest BCUT2D eigenvalue weighted by Gasteiger charge is 2.44. The summed E-state index contributed by atoms with van der Waals surface area (Å²) >= 11 is 0. The van der Waals surface area contributed by atoms with Gasteiger partial charge in [0.2, 0.25) is 5.91 Å². The lowest BCUT2D eigenvalue weighted by Gasteiger charge is -2.40. The second-order valence-electron chi connectivity index (χ2n) is 19.0. The second-order valence-corrected chi connectivity index (χ2v) is 19.0. The molecular formula is C64H103NO8. The van der Waals surface area contributed by atoms with Crippen molar-refractivity contribution < 1.29 is 39.8 Å². The molecule has 73 heavy (non-hydrogen) atoms. The fourth-order valence-electron chi connectivity index (χ4n) is 7.92. The van der Waals surface area contributed by atoms with Crippen molar-refractivity contribution in [2.45, 2.75) is 236 Å². The van der Waals surface area contributed by atoms with E-state index in [-0.39, 0.29) is 12.5 Å². The second kappa shape index (κ2) is 51.6. The monoisotopic (exact) mass is 1010 g/mol. The normalized spacial score (nSPS) is 20.2. The van der Waals surface area contributed by atoms with Crippen LogP contribution in [0.2, 0.25) is 0 Å². The van der Waals surface area contributed by atoms with Crippen LogP contribution in [0.3, 0.4) is 0 Å². The van der Waals surface area contributed by atoms with Crippen molar-refractivity contribution in [1.29, 1.82) is 0 Å². The minimum Gasteiger partial charge on any atom is -0.394 e. The van der Waals surface area contributed by atoms with Gasteiger partial charge in [-0.05, 0) is 103 Å². The van der Waals surface area contributed by atoms with E-state index in [1.165, 1.54) is 51.4 Å². The van der Waals surface area contributed by atoms with E-state index in [4.69, 9.17) is 9.47 Å². The molecule has 412 valence electrons. The average molecular weight is 1010 g/mol. The first-order valence-corrected chi connectivity index (χ1v) is 28.6. The number of aliphatic hydroxyl groups is 5. The molecule has 1 amide bonds. The third kappa shape index (κ3) is 41.1. The summed E-state index contributed by atoms with van der Waals surface area (Å²) in [6, 6.07) is -0.819. The quantitative estimate of drug-likeness (QED) is 0.0261. The van der Waals surface area contributed by atoms with E-state index in [0.29, 0.717) is 6.42 Å². The van der Waals surface area contributed by atoms with Crippen molar-refractivity contribution in [1.82, 2.24) is 5.32 Å². The van der Waals surface area contributed by atoms with Crippen LogP contribution in [-0.4, -0.2) is 87.5 Å². The van der Waals surface area contributed by atoms with Crippen LogP contribution in [0.25, 0.3) is 0 Å². The van der Waals surface area contributed by atoms with Crippen LogP contribution in [0, 0.1) is 0 Å². The van der Waals surface area contributed by atoms with Gasteiger partial charge in [-0.2, -0.15) is 0 Å². The molecule has 0 saturated carbocycles. The number of ether oxygens (including phenoxy) is 2. The van der Waals surface area contributed by atoms with Crippen molar-refractivity contribution in [2.24, 2.45) is 0 Å². The molecule has 0 aromatic heterocycles. The van der Waals surface area contributed by atoms with Crippen molar-refractivity contribution in [2.75, 3.05) is 13.2 Å². The number of allylic oxidation sites excluding steroid dienone is 23. The SMILES string of the molecule is CC/C=C\C/C=C\C/C=C\C/C=C\C/C=C\C/C=C\C/C=C\C/C=C\C/C=C\C/C=C\C/C=C\CCCCCCCCCC(=O)NC(COC1OC(CO)C(O)C(O)C1O)C(O)/C=C/CCCCCCCCC. The van der Waals surface area contributed by atoms with Crippen LogP contribution in [0.15, 0.2) is 146 Å². The largest absolute Gasteiger partial charge is 0.394 e. The van der Waals surface area contributed by atoms with Crippen molar-refractivity contribution in [3.8, 4) is 0 Å². The van der Waals surface area contributed by atoms with E-state index in [0.717, 1.165) is 122 Å². The van der Waals surface area contributed by atoms with Crippen LogP contribution in [0.1, 0.15) is 194 Å². The van der Waals surface area contributed by atoms with Gasteiger partial charge in [0, 0.05) is 6.42 Å². The first-order chi connectivity index (χ1) is 35.8. The summed E-state index contributed by atoms with van der Waals surface area (Å²) in [6.07, 6.45) is 73.6. The summed E-state index contributed by atoms with van der Waals surface area (Å²) in [5.41, 5.74) is 0. The molecule has 7 unspecified atom stereocenters. The number of hydrogen-bond donors (Lipinski definition) is 6. The molecule has 1 heterocycles. The molecular weight excluding hydrogens is 911 g/mol. The molecule has 1 aliphatic heterocycles. The van der Waals surface area contributed by atoms with Crippen LogP contribution in [-0.2, 0) is 14.3 Å². The van der Waals surface area contributed by atoms with Gasteiger partial charge in [0.1, 0.15) is 24.4 Å². The Morgan fingerprint density at radius 2 is 0.849 bits per heavy atom. The summed E-state index contributed by atoms with van der Waals surface area (Å²) in [5.74, 6) is -0.198. The maximum absolute atomic E-state index is 13.0. The van der Waals surface area contributed by atoms with Crippen LogP contribution < -0.4 is 5.32 Å². The van der Waals surface area contributed by atoms with Gasteiger partial charge >= 0.3 is 0 Å². The average Bonchev–Trinajstić information content (AvgIpc) is 3.39. The Labute approximate surface area is 444 Å². The maximum Gasteiger partial charge on any atom is 0.220 e. The van der Waals surface area contributed by atoms with Gasteiger partial charge < -0.3 is 40.3 Å². The molecule has 0 spiro atoms. The lowest BCUT2D eigenvalue weighted by atomic mass is 9.99. The molecule has 9 heteroatoms. The molecule has 0 radical (unpaired) electrons. The molecule has 1 fully saturated rings. The number of amides is 1. The molecule has 6 N–H and O–H groups in total. The Bertz CT molecular complexity index is 1650. The van der Waals surface area contributed by atoms with Crippen molar-refractivity contribution in [3.63, 3.8) is 0 Å². The Balaban J connectivity index is 2.13. The molecule has 0 aromatic carbocycles. The van der Waals surface area contributed by atoms with E-state index in [9.17, 15) is 30.3 Å². The Hall–Kier alpha value is -3.93. The molecule has 0 aliphatic carbocycles. The predicted octanol–water partition coefficient (Wildman–Crippen LogP) is 14.3. The fourth-order valence-corrected chi connectivity index (χ4v) is 7.92. The lowest BCUT2D eigenvalue weighted by Crippen LogP contribution is -2.60. The maximum atomic E-state index is 13.0. The standard InChI is InChI=1S/C64H103NO8/c1-3-5-7-9-11-13-14-15-16-17-18-19-20-21-22-23-24-25-26-27-28-29-30-31-32-33-34-35-36-37-38-39-40-41-42-43-44-46-48-50-52-54-60(68)65-57(58(67)53-51-49-47-45-12-10-8-6-4-2)56-72-64-63(71)62(70)61(69)59(55-66)73-64/h5,7,11,13,15-16,18-19,21-22,24-25,27-28,30-31,33-34,36-37,39-40,51,53,57-59,61-64,66-67,69-71H,3-4,6,8-10,12,14,17,20,23,26,29,32,35,38,41-50,52,54-56H2,1-2H3,(H,65,68)/b7-5-,13-11-,16-15-,19-18-,22-21-,25-24-,28-27-,31-30-,34-33-,37-36-,40-39-,53-51+. The van der Waals surface area contributed by atoms with Crippen molar-refractivity contribution >= 4 is 5.91 Å². The van der Waals surface area contributed by atoms with Crippen LogP contribution >= 0.6 is 0 Å². The molecule has 1 rings (SSSR count). The van der Waals surface area contributed by atoms with E-state index in [1.807, 2.05) is 6.08 Å². The number of aliphatic hydroxyl groups excluding tert-OH is 5.